The molecule has 2 aliphatic heterocycles. The molecule has 230 valence electrons. The highest BCUT2D eigenvalue weighted by atomic mass is 16.6. The van der Waals surface area contributed by atoms with Gasteiger partial charge in [-0.15, -0.1) is 0 Å². The number of benzene rings is 3. The summed E-state index contributed by atoms with van der Waals surface area (Å²) < 4.78 is 24.0. The highest BCUT2D eigenvalue weighted by Gasteiger charge is 2.29. The lowest BCUT2D eigenvalue weighted by Crippen LogP contribution is -2.44. The Labute approximate surface area is 262 Å². The van der Waals surface area contributed by atoms with Gasteiger partial charge in [0.05, 0.1) is 17.3 Å². The number of rotatable bonds is 10. The van der Waals surface area contributed by atoms with Gasteiger partial charge in [0.2, 0.25) is 0 Å². The van der Waals surface area contributed by atoms with E-state index in [-0.39, 0.29) is 6.61 Å². The van der Waals surface area contributed by atoms with Crippen molar-refractivity contribution in [1.29, 1.82) is 5.26 Å². The molecule has 0 radical (unpaired) electrons. The lowest BCUT2D eigenvalue weighted by atomic mass is 9.96. The first-order valence-electron chi connectivity index (χ1n) is 15.2. The molecule has 3 heterocycles. The van der Waals surface area contributed by atoms with E-state index in [0.717, 1.165) is 52.2 Å². The third kappa shape index (κ3) is 7.03. The van der Waals surface area contributed by atoms with Crippen molar-refractivity contribution in [2.75, 3.05) is 19.8 Å². The van der Waals surface area contributed by atoms with Gasteiger partial charge >= 0.3 is 5.97 Å². The minimum Gasteiger partial charge on any atom is -0.489 e. The van der Waals surface area contributed by atoms with Crippen molar-refractivity contribution in [1.82, 2.24) is 9.88 Å². The van der Waals surface area contributed by atoms with Crippen molar-refractivity contribution in [3.63, 3.8) is 0 Å². The Balaban J connectivity index is 1.22. The molecule has 1 unspecified atom stereocenters. The summed E-state index contributed by atoms with van der Waals surface area (Å²) in [6.45, 7) is 4.83. The van der Waals surface area contributed by atoms with E-state index in [1.54, 1.807) is 18.3 Å². The van der Waals surface area contributed by atoms with Crippen LogP contribution in [-0.4, -0.2) is 46.8 Å². The SMILES string of the molecule is Cc1c(COc2ccc(CN3CCCCC3C(=O)O)c(OCc3cc(C#N)ccn3)c2)cccc1-c1ccc2c(c1)OCCO2. The monoisotopic (exact) mass is 605 g/mol. The van der Waals surface area contributed by atoms with Gasteiger partial charge in [0.15, 0.2) is 11.5 Å². The maximum absolute atomic E-state index is 12.0. The molecule has 1 saturated heterocycles. The van der Waals surface area contributed by atoms with E-state index < -0.39 is 12.0 Å². The molecule has 9 nitrogen and oxygen atoms in total. The molecule has 1 fully saturated rings. The number of hydrogen-bond donors (Lipinski definition) is 1. The number of fused-ring (bicyclic) bond motifs is 1. The summed E-state index contributed by atoms with van der Waals surface area (Å²) in [5, 5.41) is 19.1. The van der Waals surface area contributed by atoms with Gasteiger partial charge in [-0.25, -0.2) is 0 Å². The lowest BCUT2D eigenvalue weighted by molar-refractivity contribution is -0.144. The summed E-state index contributed by atoms with van der Waals surface area (Å²) in [6.07, 6.45) is 4.07. The number of ether oxygens (including phenoxy) is 4. The molecule has 4 aromatic rings. The van der Waals surface area contributed by atoms with Crippen molar-refractivity contribution in [3.05, 3.63) is 101 Å². The van der Waals surface area contributed by atoms with Crippen molar-refractivity contribution >= 4 is 5.97 Å². The maximum atomic E-state index is 12.0. The normalized spacial score (nSPS) is 16.0. The zero-order valence-corrected chi connectivity index (χ0v) is 25.2. The van der Waals surface area contributed by atoms with Crippen LogP contribution in [0.2, 0.25) is 0 Å². The second-order valence-corrected chi connectivity index (χ2v) is 11.3. The number of pyridine rings is 1. The molecule has 0 amide bonds. The van der Waals surface area contributed by atoms with Crippen LogP contribution in [0.5, 0.6) is 23.0 Å². The average molecular weight is 606 g/mol. The predicted molar refractivity (Wildman–Crippen MR) is 167 cm³/mol. The second-order valence-electron chi connectivity index (χ2n) is 11.3. The lowest BCUT2D eigenvalue weighted by Gasteiger charge is -2.33. The number of aliphatic carboxylic acids is 1. The van der Waals surface area contributed by atoms with Gasteiger partial charge in [0.1, 0.15) is 44.0 Å². The predicted octanol–water partition coefficient (Wildman–Crippen LogP) is 6.30. The minimum absolute atomic E-state index is 0.158. The molecule has 1 atom stereocenters. The van der Waals surface area contributed by atoms with Crippen LogP contribution in [0.15, 0.2) is 72.9 Å². The first kappa shape index (κ1) is 30.0. The van der Waals surface area contributed by atoms with Gasteiger partial charge < -0.3 is 24.1 Å². The fourth-order valence-electron chi connectivity index (χ4n) is 5.87. The smallest absolute Gasteiger partial charge is 0.320 e. The van der Waals surface area contributed by atoms with E-state index in [4.69, 9.17) is 18.9 Å². The number of carbonyl (C=O) groups is 1. The molecule has 9 heteroatoms. The van der Waals surface area contributed by atoms with Gasteiger partial charge in [-0.3, -0.25) is 14.7 Å². The number of piperidine rings is 1. The van der Waals surface area contributed by atoms with Crippen LogP contribution in [0.25, 0.3) is 11.1 Å². The zero-order chi connectivity index (χ0) is 31.2. The van der Waals surface area contributed by atoms with Crippen LogP contribution in [0.3, 0.4) is 0 Å². The van der Waals surface area contributed by atoms with Crippen LogP contribution in [0.4, 0.5) is 0 Å². The van der Waals surface area contributed by atoms with Crippen LogP contribution in [0, 0.1) is 18.3 Å². The standard InChI is InChI=1S/C36H35N3O6/c1-24-28(5-4-6-31(24)26-9-11-33-35(18-26)43-16-15-42-33)22-44-30-10-8-27(21-39-14-3-2-7-32(39)36(40)41)34(19-30)45-23-29-17-25(20-37)12-13-38-29/h4-6,8-13,17-19,32H,2-3,7,14-16,21-23H2,1H3,(H,40,41). The number of nitrogens with zero attached hydrogens (tertiary/aromatic N) is 3. The summed E-state index contributed by atoms with van der Waals surface area (Å²) in [5.74, 6) is 1.93. The Morgan fingerprint density at radius 2 is 1.87 bits per heavy atom. The van der Waals surface area contributed by atoms with E-state index in [1.165, 1.54) is 0 Å². The number of hydrogen-bond acceptors (Lipinski definition) is 8. The summed E-state index contributed by atoms with van der Waals surface area (Å²) in [6, 6.07) is 22.8. The topological polar surface area (TPSA) is 114 Å². The van der Waals surface area contributed by atoms with Gasteiger partial charge in [0, 0.05) is 24.4 Å². The van der Waals surface area contributed by atoms with E-state index in [1.807, 2.05) is 47.4 Å². The molecule has 0 saturated carbocycles. The molecular formula is C36H35N3O6. The number of carboxylic acids is 1. The zero-order valence-electron chi connectivity index (χ0n) is 25.2. The van der Waals surface area contributed by atoms with E-state index in [0.29, 0.717) is 62.1 Å². The van der Waals surface area contributed by atoms with E-state index in [9.17, 15) is 15.2 Å². The van der Waals surface area contributed by atoms with Crippen LogP contribution in [0.1, 0.15) is 47.2 Å². The average Bonchev–Trinajstić information content (AvgIpc) is 3.07. The van der Waals surface area contributed by atoms with Gasteiger partial charge in [-0.1, -0.05) is 36.8 Å². The Morgan fingerprint density at radius 3 is 2.71 bits per heavy atom. The maximum Gasteiger partial charge on any atom is 0.320 e. The minimum atomic E-state index is -0.802. The number of nitriles is 1. The highest BCUT2D eigenvalue weighted by molar-refractivity contribution is 5.73. The van der Waals surface area contributed by atoms with Crippen LogP contribution < -0.4 is 18.9 Å². The molecule has 6 rings (SSSR count). The Morgan fingerprint density at radius 1 is 1.00 bits per heavy atom. The van der Waals surface area contributed by atoms with Gasteiger partial charge in [-0.2, -0.15) is 5.26 Å². The summed E-state index contributed by atoms with van der Waals surface area (Å²) in [7, 11) is 0. The highest BCUT2D eigenvalue weighted by Crippen LogP contribution is 2.36. The fraction of sp³-hybridized carbons (Fsp3) is 0.306. The molecule has 45 heavy (non-hydrogen) atoms. The molecule has 1 aromatic heterocycles. The first-order valence-corrected chi connectivity index (χ1v) is 15.2. The second kappa shape index (κ2) is 13.7. The van der Waals surface area contributed by atoms with E-state index in [2.05, 4.69) is 30.1 Å². The third-order valence-electron chi connectivity index (χ3n) is 8.33. The Bertz CT molecular complexity index is 1730. The Kier molecular flexibility index (Phi) is 9.13. The molecule has 0 spiro atoms. The van der Waals surface area contributed by atoms with Gasteiger partial charge in [-0.05, 0) is 78.9 Å². The molecule has 2 aliphatic rings. The van der Waals surface area contributed by atoms with Crippen LogP contribution >= 0.6 is 0 Å². The van der Waals surface area contributed by atoms with E-state index >= 15 is 0 Å². The van der Waals surface area contributed by atoms with Gasteiger partial charge in [0.25, 0.3) is 0 Å². The van der Waals surface area contributed by atoms with Crippen LogP contribution in [-0.2, 0) is 24.6 Å². The molecule has 0 aliphatic carbocycles. The van der Waals surface area contributed by atoms with Crippen molar-refractivity contribution in [2.24, 2.45) is 0 Å². The first-order chi connectivity index (χ1) is 22.0. The van der Waals surface area contributed by atoms with Crippen molar-refractivity contribution in [2.45, 2.75) is 52.0 Å². The van der Waals surface area contributed by atoms with Crippen molar-refractivity contribution < 1.29 is 28.8 Å². The van der Waals surface area contributed by atoms with Crippen molar-refractivity contribution in [3.8, 4) is 40.2 Å². The number of likely N-dealkylation sites (tertiary alicyclic amines) is 1. The quantitative estimate of drug-likeness (QED) is 0.223. The summed E-state index contributed by atoms with van der Waals surface area (Å²) >= 11 is 0. The summed E-state index contributed by atoms with van der Waals surface area (Å²) in [5.41, 5.74) is 6.29. The molecule has 1 N–H and O–H groups in total. The number of carboxylic acid groups (broad SMARTS) is 1. The summed E-state index contributed by atoms with van der Waals surface area (Å²) in [4.78, 5) is 18.3. The fourth-order valence-corrected chi connectivity index (χ4v) is 5.87. The Hall–Kier alpha value is -5.07. The third-order valence-corrected chi connectivity index (χ3v) is 8.33. The largest absolute Gasteiger partial charge is 0.489 e. The molecular weight excluding hydrogens is 570 g/mol. The molecule has 0 bridgehead atoms. The molecule has 3 aromatic carbocycles. The number of aromatic nitrogens is 1.